The summed E-state index contributed by atoms with van der Waals surface area (Å²) in [7, 11) is 0. The Kier molecular flexibility index (Phi) is 4.29. The van der Waals surface area contributed by atoms with Crippen LogP contribution in [0.5, 0.6) is 0 Å². The maximum absolute atomic E-state index is 10.8. The molecular formula is C11H20N2O2. The fourth-order valence-electron chi connectivity index (χ4n) is 1.84. The van der Waals surface area contributed by atoms with E-state index in [9.17, 15) is 4.79 Å². The molecule has 2 unspecified atom stereocenters. The van der Waals surface area contributed by atoms with E-state index in [0.717, 1.165) is 26.2 Å². The third kappa shape index (κ3) is 3.04. The van der Waals surface area contributed by atoms with Gasteiger partial charge in [0.2, 0.25) is 0 Å². The first-order chi connectivity index (χ1) is 7.06. The van der Waals surface area contributed by atoms with Crippen LogP contribution in [0.1, 0.15) is 13.8 Å². The van der Waals surface area contributed by atoms with Crippen LogP contribution in [0, 0.1) is 0 Å². The molecule has 0 radical (unpaired) electrons. The van der Waals surface area contributed by atoms with E-state index in [4.69, 9.17) is 5.11 Å². The van der Waals surface area contributed by atoms with Crippen molar-refractivity contribution in [3.63, 3.8) is 0 Å². The second-order valence-corrected chi connectivity index (χ2v) is 4.06. The molecule has 0 bridgehead atoms. The van der Waals surface area contributed by atoms with Gasteiger partial charge in [0.1, 0.15) is 6.04 Å². The molecule has 1 aliphatic heterocycles. The van der Waals surface area contributed by atoms with E-state index >= 15 is 0 Å². The van der Waals surface area contributed by atoms with E-state index in [1.165, 1.54) is 0 Å². The average molecular weight is 212 g/mol. The van der Waals surface area contributed by atoms with Gasteiger partial charge in [0.15, 0.2) is 0 Å². The number of rotatable bonds is 4. The van der Waals surface area contributed by atoms with Crippen LogP contribution in [-0.2, 0) is 4.79 Å². The van der Waals surface area contributed by atoms with Crippen molar-refractivity contribution in [1.82, 2.24) is 9.80 Å². The number of nitrogens with zero attached hydrogens (tertiary/aromatic N) is 2. The van der Waals surface area contributed by atoms with Crippen molar-refractivity contribution in [2.45, 2.75) is 25.9 Å². The lowest BCUT2D eigenvalue weighted by atomic mass is 10.2. The summed E-state index contributed by atoms with van der Waals surface area (Å²) in [5.41, 5.74) is 0. The van der Waals surface area contributed by atoms with E-state index in [1.54, 1.807) is 6.92 Å². The number of hydrogen-bond acceptors (Lipinski definition) is 3. The summed E-state index contributed by atoms with van der Waals surface area (Å²) in [6, 6.07) is 0.0125. The van der Waals surface area contributed by atoms with Gasteiger partial charge in [-0.05, 0) is 13.8 Å². The van der Waals surface area contributed by atoms with Gasteiger partial charge in [-0.3, -0.25) is 14.6 Å². The third-order valence-electron chi connectivity index (χ3n) is 3.17. The van der Waals surface area contributed by atoms with E-state index in [0.29, 0.717) is 6.04 Å². The molecular weight excluding hydrogens is 192 g/mol. The Labute approximate surface area is 91.2 Å². The third-order valence-corrected chi connectivity index (χ3v) is 3.17. The Morgan fingerprint density at radius 1 is 1.27 bits per heavy atom. The molecule has 0 aliphatic carbocycles. The largest absolute Gasteiger partial charge is 0.480 e. The molecule has 86 valence electrons. The van der Waals surface area contributed by atoms with Gasteiger partial charge in [0.05, 0.1) is 0 Å². The summed E-state index contributed by atoms with van der Waals surface area (Å²) in [6.45, 7) is 11.1. The van der Waals surface area contributed by atoms with Crippen LogP contribution < -0.4 is 0 Å². The van der Waals surface area contributed by atoms with Gasteiger partial charge < -0.3 is 5.11 Å². The first kappa shape index (κ1) is 12.2. The Morgan fingerprint density at radius 2 is 1.73 bits per heavy atom. The molecule has 0 aromatic rings. The summed E-state index contributed by atoms with van der Waals surface area (Å²) >= 11 is 0. The average Bonchev–Trinajstić information content (AvgIpc) is 2.27. The number of hydrogen-bond donors (Lipinski definition) is 1. The minimum Gasteiger partial charge on any atom is -0.480 e. The number of carbonyl (C=O) groups is 1. The van der Waals surface area contributed by atoms with Gasteiger partial charge in [-0.15, -0.1) is 6.58 Å². The molecule has 1 saturated heterocycles. The van der Waals surface area contributed by atoms with Crippen molar-refractivity contribution in [1.29, 1.82) is 0 Å². The Hall–Kier alpha value is -0.870. The molecule has 0 saturated carbocycles. The fraction of sp³-hybridized carbons (Fsp3) is 0.727. The monoisotopic (exact) mass is 212 g/mol. The van der Waals surface area contributed by atoms with Crippen LogP contribution in [0.3, 0.4) is 0 Å². The molecule has 0 aromatic heterocycles. The Morgan fingerprint density at radius 3 is 2.13 bits per heavy atom. The second-order valence-electron chi connectivity index (χ2n) is 4.06. The van der Waals surface area contributed by atoms with E-state index in [2.05, 4.69) is 18.4 Å². The zero-order chi connectivity index (χ0) is 11.4. The Balaban J connectivity index is 2.42. The van der Waals surface area contributed by atoms with Gasteiger partial charge in [0, 0.05) is 32.2 Å². The molecule has 15 heavy (non-hydrogen) atoms. The highest BCUT2D eigenvalue weighted by Crippen LogP contribution is 2.09. The van der Waals surface area contributed by atoms with Crippen LogP contribution >= 0.6 is 0 Å². The van der Waals surface area contributed by atoms with Crippen LogP contribution in [-0.4, -0.2) is 59.1 Å². The SMILES string of the molecule is C=CC(C)N1CCN(C(C)C(=O)O)CC1. The smallest absolute Gasteiger partial charge is 0.320 e. The summed E-state index contributed by atoms with van der Waals surface area (Å²) in [4.78, 5) is 15.1. The lowest BCUT2D eigenvalue weighted by Gasteiger charge is -2.38. The van der Waals surface area contributed by atoms with Crippen molar-refractivity contribution in [2.75, 3.05) is 26.2 Å². The standard InChI is InChI=1S/C11H20N2O2/c1-4-9(2)12-5-7-13(8-6-12)10(3)11(14)15/h4,9-10H,1,5-8H2,2-3H3,(H,14,15). The van der Waals surface area contributed by atoms with Gasteiger partial charge >= 0.3 is 5.97 Å². The fourth-order valence-corrected chi connectivity index (χ4v) is 1.84. The lowest BCUT2D eigenvalue weighted by molar-refractivity contribution is -0.143. The van der Waals surface area contributed by atoms with Crippen LogP contribution in [0.2, 0.25) is 0 Å². The van der Waals surface area contributed by atoms with Crippen molar-refractivity contribution in [3.05, 3.63) is 12.7 Å². The highest BCUT2D eigenvalue weighted by molar-refractivity contribution is 5.72. The molecule has 0 amide bonds. The highest BCUT2D eigenvalue weighted by Gasteiger charge is 2.25. The minimum atomic E-state index is -0.736. The van der Waals surface area contributed by atoms with Gasteiger partial charge in [-0.2, -0.15) is 0 Å². The summed E-state index contributed by atoms with van der Waals surface area (Å²) in [5, 5.41) is 8.88. The number of carboxylic acid groups (broad SMARTS) is 1. The molecule has 4 nitrogen and oxygen atoms in total. The van der Waals surface area contributed by atoms with Crippen molar-refractivity contribution in [3.8, 4) is 0 Å². The van der Waals surface area contributed by atoms with Crippen LogP contribution in [0.4, 0.5) is 0 Å². The van der Waals surface area contributed by atoms with E-state index < -0.39 is 5.97 Å². The molecule has 4 heteroatoms. The molecule has 1 aliphatic rings. The quantitative estimate of drug-likeness (QED) is 0.695. The molecule has 0 aromatic carbocycles. The van der Waals surface area contributed by atoms with Gasteiger partial charge in [-0.1, -0.05) is 6.08 Å². The number of carboxylic acids is 1. The summed E-state index contributed by atoms with van der Waals surface area (Å²) < 4.78 is 0. The zero-order valence-electron chi connectivity index (χ0n) is 9.52. The summed E-state index contributed by atoms with van der Waals surface area (Å²) in [6.07, 6.45) is 1.93. The normalized spacial score (nSPS) is 23.3. The van der Waals surface area contributed by atoms with E-state index in [-0.39, 0.29) is 6.04 Å². The molecule has 1 N–H and O–H groups in total. The molecule has 1 fully saturated rings. The number of aliphatic carboxylic acids is 1. The first-order valence-electron chi connectivity index (χ1n) is 5.39. The summed E-state index contributed by atoms with van der Waals surface area (Å²) in [5.74, 6) is -0.736. The predicted molar refractivity (Wildman–Crippen MR) is 59.9 cm³/mol. The lowest BCUT2D eigenvalue weighted by Crippen LogP contribution is -2.53. The number of piperazine rings is 1. The molecule has 2 atom stereocenters. The molecule has 1 heterocycles. The van der Waals surface area contributed by atoms with E-state index in [1.807, 2.05) is 11.0 Å². The van der Waals surface area contributed by atoms with Crippen molar-refractivity contribution in [2.24, 2.45) is 0 Å². The van der Waals surface area contributed by atoms with Gasteiger partial charge in [0.25, 0.3) is 0 Å². The minimum absolute atomic E-state index is 0.369. The van der Waals surface area contributed by atoms with Crippen molar-refractivity contribution >= 4 is 5.97 Å². The second kappa shape index (κ2) is 5.28. The predicted octanol–water partition coefficient (Wildman–Crippen LogP) is 0.652. The first-order valence-corrected chi connectivity index (χ1v) is 5.39. The maximum Gasteiger partial charge on any atom is 0.320 e. The molecule has 0 spiro atoms. The Bertz CT molecular complexity index is 235. The van der Waals surface area contributed by atoms with Gasteiger partial charge in [-0.25, -0.2) is 0 Å². The van der Waals surface area contributed by atoms with Crippen LogP contribution in [0.25, 0.3) is 0 Å². The molecule has 1 rings (SSSR count). The topological polar surface area (TPSA) is 43.8 Å². The maximum atomic E-state index is 10.8. The van der Waals surface area contributed by atoms with Crippen LogP contribution in [0.15, 0.2) is 12.7 Å². The van der Waals surface area contributed by atoms with Crippen molar-refractivity contribution < 1.29 is 9.90 Å². The zero-order valence-corrected chi connectivity index (χ0v) is 9.52. The highest BCUT2D eigenvalue weighted by atomic mass is 16.4.